The summed E-state index contributed by atoms with van der Waals surface area (Å²) in [6.45, 7) is 7.21. The molecule has 1 atom stereocenters. The minimum Gasteiger partial charge on any atom is -0.356 e. The van der Waals surface area contributed by atoms with Crippen molar-refractivity contribution >= 4 is 35.8 Å². The van der Waals surface area contributed by atoms with Gasteiger partial charge in [-0.3, -0.25) is 9.48 Å². The summed E-state index contributed by atoms with van der Waals surface area (Å²) >= 11 is 0. The summed E-state index contributed by atoms with van der Waals surface area (Å²) in [5.74, 6) is 1.85. The maximum atomic E-state index is 11.9. The number of likely N-dealkylation sites (tertiary alicyclic amines) is 1. The summed E-state index contributed by atoms with van der Waals surface area (Å²) in [6, 6.07) is 0. The van der Waals surface area contributed by atoms with Crippen LogP contribution in [0.1, 0.15) is 31.7 Å². The maximum absolute atomic E-state index is 11.9. The molecule has 142 valence electrons. The molecule has 1 aromatic heterocycles. The van der Waals surface area contributed by atoms with Crippen LogP contribution in [-0.2, 0) is 11.8 Å². The Labute approximate surface area is 167 Å². The Morgan fingerprint density at radius 2 is 2.20 bits per heavy atom. The number of likely N-dealkylation sites (N-methyl/N-ethyl adjacent to an activating group) is 1. The van der Waals surface area contributed by atoms with Gasteiger partial charge in [0.05, 0.1) is 6.20 Å². The number of hydrogen-bond acceptors (Lipinski definition) is 3. The van der Waals surface area contributed by atoms with Gasteiger partial charge in [0, 0.05) is 52.9 Å². The number of aliphatic imine (C=N–C) groups is 1. The zero-order chi connectivity index (χ0) is 17.7. The van der Waals surface area contributed by atoms with Crippen LogP contribution in [0.2, 0.25) is 0 Å². The number of guanidine groups is 1. The molecule has 25 heavy (non-hydrogen) atoms. The van der Waals surface area contributed by atoms with E-state index in [4.69, 9.17) is 0 Å². The van der Waals surface area contributed by atoms with Crippen LogP contribution in [-0.4, -0.2) is 71.7 Å². The van der Waals surface area contributed by atoms with Gasteiger partial charge >= 0.3 is 0 Å². The van der Waals surface area contributed by atoms with Crippen LogP contribution >= 0.6 is 24.0 Å². The first-order valence-corrected chi connectivity index (χ1v) is 8.58. The molecular formula is C17H31IN6O. The molecule has 7 nitrogen and oxygen atoms in total. The second-order valence-corrected chi connectivity index (χ2v) is 7.08. The van der Waals surface area contributed by atoms with Gasteiger partial charge in [-0.15, -0.1) is 24.0 Å². The summed E-state index contributed by atoms with van der Waals surface area (Å²) < 4.78 is 1.85. The Hall–Kier alpha value is -1.32. The summed E-state index contributed by atoms with van der Waals surface area (Å²) in [5.41, 5.74) is 1.27. The standard InChI is InChI=1S/C17H30N6O.HI/c1-13(2)8-18-17(19-10-16(24)21(3)4)23-7-6-14(12-23)15-9-20-22(5)11-15;/h9,11,13-14H,6-8,10,12H2,1-5H3,(H,18,19);1H. The minimum absolute atomic E-state index is 0. The molecule has 2 rings (SSSR count). The molecule has 1 amide bonds. The number of halogens is 1. The van der Waals surface area contributed by atoms with Gasteiger partial charge in [0.1, 0.15) is 6.54 Å². The van der Waals surface area contributed by atoms with Crippen molar-refractivity contribution < 1.29 is 4.79 Å². The topological polar surface area (TPSA) is 65.8 Å². The third-order valence-electron chi connectivity index (χ3n) is 4.22. The molecule has 0 radical (unpaired) electrons. The lowest BCUT2D eigenvalue weighted by molar-refractivity contribution is -0.127. The molecular weight excluding hydrogens is 431 g/mol. The lowest BCUT2D eigenvalue weighted by atomic mass is 10.0. The van der Waals surface area contributed by atoms with Crippen LogP contribution in [0.3, 0.4) is 0 Å². The molecule has 0 aliphatic carbocycles. The van der Waals surface area contributed by atoms with Crippen LogP contribution in [0, 0.1) is 5.92 Å². The largest absolute Gasteiger partial charge is 0.356 e. The fourth-order valence-electron chi connectivity index (χ4n) is 2.72. The molecule has 1 saturated heterocycles. The number of carbonyl (C=O) groups is 1. The SMILES string of the molecule is CC(C)CNC(=NCC(=O)N(C)C)N1CCC(c2cnn(C)c2)C1.I. The number of amides is 1. The Balaban J connectivity index is 0.00000312. The van der Waals surface area contributed by atoms with E-state index in [0.717, 1.165) is 32.0 Å². The number of aromatic nitrogens is 2. The predicted octanol–water partition coefficient (Wildman–Crippen LogP) is 1.52. The zero-order valence-corrected chi connectivity index (χ0v) is 18.2. The highest BCUT2D eigenvalue weighted by atomic mass is 127. The summed E-state index contributed by atoms with van der Waals surface area (Å²) in [5, 5.41) is 7.69. The summed E-state index contributed by atoms with van der Waals surface area (Å²) in [4.78, 5) is 20.2. The van der Waals surface area contributed by atoms with Gasteiger partial charge in [-0.2, -0.15) is 5.10 Å². The van der Waals surface area contributed by atoms with Crippen molar-refractivity contribution in [3.05, 3.63) is 18.0 Å². The monoisotopic (exact) mass is 462 g/mol. The van der Waals surface area contributed by atoms with Crippen molar-refractivity contribution in [3.8, 4) is 0 Å². The van der Waals surface area contributed by atoms with Crippen LogP contribution in [0.15, 0.2) is 17.4 Å². The zero-order valence-electron chi connectivity index (χ0n) is 15.9. The van der Waals surface area contributed by atoms with E-state index < -0.39 is 0 Å². The van der Waals surface area contributed by atoms with Crippen molar-refractivity contribution in [3.63, 3.8) is 0 Å². The van der Waals surface area contributed by atoms with Crippen molar-refractivity contribution in [2.75, 3.05) is 40.3 Å². The summed E-state index contributed by atoms with van der Waals surface area (Å²) in [7, 11) is 5.46. The fraction of sp³-hybridized carbons (Fsp3) is 0.706. The number of hydrogen-bond donors (Lipinski definition) is 1. The van der Waals surface area contributed by atoms with E-state index in [2.05, 4.69) is 40.4 Å². The first kappa shape index (κ1) is 21.7. The Morgan fingerprint density at radius 3 is 2.76 bits per heavy atom. The molecule has 1 aromatic rings. The first-order chi connectivity index (χ1) is 11.4. The molecule has 8 heteroatoms. The third-order valence-corrected chi connectivity index (χ3v) is 4.22. The van der Waals surface area contributed by atoms with Gasteiger partial charge in [0.2, 0.25) is 5.91 Å². The van der Waals surface area contributed by atoms with Crippen LogP contribution < -0.4 is 5.32 Å². The van der Waals surface area contributed by atoms with Crippen LogP contribution in [0.5, 0.6) is 0 Å². The van der Waals surface area contributed by atoms with Crippen molar-refractivity contribution in [2.45, 2.75) is 26.2 Å². The van der Waals surface area contributed by atoms with Crippen LogP contribution in [0.4, 0.5) is 0 Å². The predicted molar refractivity (Wildman–Crippen MR) is 111 cm³/mol. The number of nitrogens with zero attached hydrogens (tertiary/aromatic N) is 5. The highest BCUT2D eigenvalue weighted by Crippen LogP contribution is 2.26. The number of aryl methyl sites for hydroxylation is 1. The maximum Gasteiger partial charge on any atom is 0.243 e. The Kier molecular flexibility index (Phi) is 8.67. The van der Waals surface area contributed by atoms with Gasteiger partial charge in [-0.25, -0.2) is 4.99 Å². The van der Waals surface area contributed by atoms with Crippen LogP contribution in [0.25, 0.3) is 0 Å². The van der Waals surface area contributed by atoms with Gasteiger partial charge in [0.15, 0.2) is 5.96 Å². The number of carbonyl (C=O) groups excluding carboxylic acids is 1. The van der Waals surface area contributed by atoms with Gasteiger partial charge in [-0.05, 0) is 17.9 Å². The normalized spacial score (nSPS) is 17.6. The third kappa shape index (κ3) is 6.48. The molecule has 0 bridgehead atoms. The van der Waals surface area contributed by atoms with E-state index in [-0.39, 0.29) is 36.4 Å². The molecule has 0 aromatic carbocycles. The number of rotatable bonds is 5. The van der Waals surface area contributed by atoms with E-state index in [1.165, 1.54) is 5.56 Å². The lowest BCUT2D eigenvalue weighted by Gasteiger charge is -2.23. The van der Waals surface area contributed by atoms with Gasteiger partial charge in [-0.1, -0.05) is 13.8 Å². The molecule has 0 spiro atoms. The van der Waals surface area contributed by atoms with Crippen molar-refractivity contribution in [1.29, 1.82) is 0 Å². The molecule has 0 saturated carbocycles. The molecule has 2 heterocycles. The van der Waals surface area contributed by atoms with E-state index in [1.807, 2.05) is 17.9 Å². The second-order valence-electron chi connectivity index (χ2n) is 7.08. The highest BCUT2D eigenvalue weighted by molar-refractivity contribution is 14.0. The number of nitrogens with one attached hydrogen (secondary N) is 1. The second kappa shape index (κ2) is 9.98. The molecule has 1 unspecified atom stereocenters. The highest BCUT2D eigenvalue weighted by Gasteiger charge is 2.27. The average Bonchev–Trinajstić information content (AvgIpc) is 3.15. The van der Waals surface area contributed by atoms with Gasteiger partial charge in [0.25, 0.3) is 0 Å². The molecule has 1 aliphatic rings. The lowest BCUT2D eigenvalue weighted by Crippen LogP contribution is -2.42. The minimum atomic E-state index is 0. The summed E-state index contributed by atoms with van der Waals surface area (Å²) in [6.07, 6.45) is 5.11. The van der Waals surface area contributed by atoms with Crippen molar-refractivity contribution in [2.24, 2.45) is 18.0 Å². The van der Waals surface area contributed by atoms with Gasteiger partial charge < -0.3 is 15.1 Å². The quantitative estimate of drug-likeness (QED) is 0.410. The first-order valence-electron chi connectivity index (χ1n) is 8.58. The molecule has 1 N–H and O–H groups in total. The van der Waals surface area contributed by atoms with E-state index in [0.29, 0.717) is 11.8 Å². The smallest absolute Gasteiger partial charge is 0.243 e. The Morgan fingerprint density at radius 1 is 1.48 bits per heavy atom. The van der Waals surface area contributed by atoms with E-state index >= 15 is 0 Å². The molecule has 1 aliphatic heterocycles. The van der Waals surface area contributed by atoms with E-state index in [1.54, 1.807) is 19.0 Å². The van der Waals surface area contributed by atoms with Crippen molar-refractivity contribution in [1.82, 2.24) is 24.9 Å². The Bertz CT molecular complexity index is 583. The fourth-order valence-corrected chi connectivity index (χ4v) is 2.72. The van der Waals surface area contributed by atoms with E-state index in [9.17, 15) is 4.79 Å². The molecule has 1 fully saturated rings. The average molecular weight is 462 g/mol.